The number of aromatic hydroxyl groups is 2. The lowest BCUT2D eigenvalue weighted by molar-refractivity contribution is 0.103. The summed E-state index contributed by atoms with van der Waals surface area (Å²) in [6, 6.07) is 16.1. The van der Waals surface area contributed by atoms with Crippen LogP contribution in [0.15, 0.2) is 60.7 Å². The third-order valence-electron chi connectivity index (χ3n) is 4.75. The van der Waals surface area contributed by atoms with Crippen molar-refractivity contribution in [3.8, 4) is 17.4 Å². The Balaban J connectivity index is 1.67. The van der Waals surface area contributed by atoms with E-state index in [1.807, 2.05) is 18.2 Å². The zero-order valence-corrected chi connectivity index (χ0v) is 14.8. The Morgan fingerprint density at radius 2 is 1.83 bits per heavy atom. The van der Waals surface area contributed by atoms with Crippen LogP contribution in [0.1, 0.15) is 16.2 Å². The average molecular weight is 388 g/mol. The van der Waals surface area contributed by atoms with Crippen LogP contribution < -0.4 is 0 Å². The molecular weight excluding hydrogens is 375 g/mol. The molecule has 29 heavy (non-hydrogen) atoms. The Kier molecular flexibility index (Phi) is 3.60. The number of para-hydroxylation sites is 1. The summed E-state index contributed by atoms with van der Waals surface area (Å²) in [5, 5.41) is 28.7. The zero-order valence-electron chi connectivity index (χ0n) is 14.8. The van der Waals surface area contributed by atoms with Gasteiger partial charge in [0.2, 0.25) is 17.5 Å². The maximum absolute atomic E-state index is 13.6. The van der Waals surface area contributed by atoms with Crippen molar-refractivity contribution >= 4 is 27.6 Å². The predicted molar refractivity (Wildman–Crippen MR) is 104 cm³/mol. The fourth-order valence-electron chi connectivity index (χ4n) is 3.38. The van der Waals surface area contributed by atoms with Crippen LogP contribution in [0.5, 0.6) is 11.8 Å². The summed E-state index contributed by atoms with van der Waals surface area (Å²) in [7, 11) is 0. The van der Waals surface area contributed by atoms with Gasteiger partial charge in [-0.05, 0) is 30.3 Å². The fraction of sp³-hybridized carbons (Fsp3) is 0. The van der Waals surface area contributed by atoms with Crippen LogP contribution in [0.4, 0.5) is 4.39 Å². The number of nitrogens with zero attached hydrogens (tertiary/aromatic N) is 3. The van der Waals surface area contributed by atoms with Gasteiger partial charge in [-0.1, -0.05) is 30.3 Å². The number of hydrogen-bond acceptors (Lipinski definition) is 5. The van der Waals surface area contributed by atoms with Crippen molar-refractivity contribution in [2.75, 3.05) is 0 Å². The molecule has 3 N–H and O–H groups in total. The summed E-state index contributed by atoms with van der Waals surface area (Å²) in [5.74, 6) is -1.87. The van der Waals surface area contributed by atoms with Crippen LogP contribution >= 0.6 is 0 Å². The maximum atomic E-state index is 13.6. The quantitative estimate of drug-likeness (QED) is 0.409. The molecule has 0 atom stereocenters. The molecule has 0 bridgehead atoms. The SMILES string of the molecule is O=C(c1ccc2ccccc2n1)c1n[nH]c2c(O)n(-c3cccc(F)c3)c(O)c12. The minimum atomic E-state index is -0.534. The molecule has 142 valence electrons. The largest absolute Gasteiger partial charge is 0.494 e. The van der Waals surface area contributed by atoms with E-state index in [1.54, 1.807) is 18.2 Å². The molecule has 0 spiro atoms. The highest BCUT2D eigenvalue weighted by Gasteiger charge is 2.27. The second-order valence-electron chi connectivity index (χ2n) is 6.50. The molecule has 0 aliphatic rings. The van der Waals surface area contributed by atoms with Gasteiger partial charge in [-0.15, -0.1) is 0 Å². The normalized spacial score (nSPS) is 11.3. The molecule has 0 aliphatic heterocycles. The highest BCUT2D eigenvalue weighted by atomic mass is 19.1. The number of H-pyrrole nitrogens is 1. The third kappa shape index (κ3) is 2.53. The highest BCUT2D eigenvalue weighted by molar-refractivity contribution is 6.16. The van der Waals surface area contributed by atoms with Gasteiger partial charge in [-0.3, -0.25) is 9.89 Å². The molecule has 5 rings (SSSR count). The Bertz CT molecular complexity index is 1420. The van der Waals surface area contributed by atoms with Crippen molar-refractivity contribution < 1.29 is 19.4 Å². The maximum Gasteiger partial charge on any atom is 0.232 e. The van der Waals surface area contributed by atoms with Gasteiger partial charge in [0, 0.05) is 5.39 Å². The first-order valence-electron chi connectivity index (χ1n) is 8.71. The standard InChI is InChI=1S/C21H13FN4O3/c22-12-5-3-6-13(10-12)26-20(28)16-17(24-25-18(16)21(26)29)19(27)15-9-8-11-4-1-2-7-14(11)23-15/h1-10,25,28-29H. The van der Waals surface area contributed by atoms with E-state index in [0.717, 1.165) is 16.0 Å². The number of pyridine rings is 1. The van der Waals surface area contributed by atoms with E-state index in [2.05, 4.69) is 15.2 Å². The van der Waals surface area contributed by atoms with Gasteiger partial charge < -0.3 is 10.2 Å². The molecule has 3 heterocycles. The number of hydrogen-bond donors (Lipinski definition) is 3. The molecule has 3 aromatic heterocycles. The van der Waals surface area contributed by atoms with Gasteiger partial charge in [0.15, 0.2) is 0 Å². The van der Waals surface area contributed by atoms with E-state index >= 15 is 0 Å². The second kappa shape index (κ2) is 6.16. The minimum absolute atomic E-state index is 0.0340. The molecule has 5 aromatic rings. The Morgan fingerprint density at radius 3 is 2.66 bits per heavy atom. The summed E-state index contributed by atoms with van der Waals surface area (Å²) in [6.45, 7) is 0. The molecule has 0 amide bonds. The lowest BCUT2D eigenvalue weighted by Crippen LogP contribution is -2.05. The topological polar surface area (TPSA) is 104 Å². The van der Waals surface area contributed by atoms with Crippen LogP contribution in [-0.4, -0.2) is 35.7 Å². The number of carbonyl (C=O) groups is 1. The summed E-state index contributed by atoms with van der Waals surface area (Å²) in [4.78, 5) is 17.4. The summed E-state index contributed by atoms with van der Waals surface area (Å²) in [6.07, 6.45) is 0. The fourth-order valence-corrected chi connectivity index (χ4v) is 3.38. The summed E-state index contributed by atoms with van der Waals surface area (Å²) < 4.78 is 14.6. The molecule has 0 aliphatic carbocycles. The van der Waals surface area contributed by atoms with Crippen molar-refractivity contribution in [3.05, 3.63) is 77.9 Å². The Morgan fingerprint density at radius 1 is 1.00 bits per heavy atom. The van der Waals surface area contributed by atoms with Crippen molar-refractivity contribution in [2.45, 2.75) is 0 Å². The van der Waals surface area contributed by atoms with Crippen LogP contribution in [0, 0.1) is 5.82 Å². The van der Waals surface area contributed by atoms with Crippen molar-refractivity contribution in [3.63, 3.8) is 0 Å². The first-order valence-corrected chi connectivity index (χ1v) is 8.71. The molecule has 2 aromatic carbocycles. The number of aromatic nitrogens is 4. The van der Waals surface area contributed by atoms with E-state index in [9.17, 15) is 19.4 Å². The molecule has 0 radical (unpaired) electrons. The minimum Gasteiger partial charge on any atom is -0.494 e. The van der Waals surface area contributed by atoms with Gasteiger partial charge in [0.1, 0.15) is 22.7 Å². The van der Waals surface area contributed by atoms with E-state index in [1.165, 1.54) is 18.2 Å². The number of fused-ring (bicyclic) bond motifs is 2. The average Bonchev–Trinajstić information content (AvgIpc) is 3.27. The molecule has 0 saturated heterocycles. The van der Waals surface area contributed by atoms with Gasteiger partial charge in [0.25, 0.3) is 0 Å². The van der Waals surface area contributed by atoms with Crippen molar-refractivity contribution in [1.29, 1.82) is 0 Å². The van der Waals surface area contributed by atoms with Gasteiger partial charge in [0.05, 0.1) is 16.6 Å². The Labute approximate surface area is 162 Å². The van der Waals surface area contributed by atoms with Crippen LogP contribution in [-0.2, 0) is 0 Å². The molecular formula is C21H13FN4O3. The van der Waals surface area contributed by atoms with Gasteiger partial charge in [-0.25, -0.2) is 13.9 Å². The number of nitrogens with one attached hydrogen (secondary N) is 1. The van der Waals surface area contributed by atoms with Gasteiger partial charge >= 0.3 is 0 Å². The monoisotopic (exact) mass is 388 g/mol. The lowest BCUT2D eigenvalue weighted by atomic mass is 10.1. The third-order valence-corrected chi connectivity index (χ3v) is 4.75. The zero-order chi connectivity index (χ0) is 20.1. The van der Waals surface area contributed by atoms with Crippen molar-refractivity contribution in [2.24, 2.45) is 0 Å². The smallest absolute Gasteiger partial charge is 0.232 e. The number of aromatic amines is 1. The van der Waals surface area contributed by atoms with Crippen LogP contribution in [0.25, 0.3) is 27.5 Å². The first-order chi connectivity index (χ1) is 14.0. The van der Waals surface area contributed by atoms with E-state index in [4.69, 9.17) is 0 Å². The van der Waals surface area contributed by atoms with E-state index in [-0.39, 0.29) is 33.9 Å². The number of halogens is 1. The number of carbonyl (C=O) groups excluding carboxylic acids is 1. The molecule has 0 fully saturated rings. The second-order valence-corrected chi connectivity index (χ2v) is 6.50. The first kappa shape index (κ1) is 16.9. The van der Waals surface area contributed by atoms with Crippen molar-refractivity contribution in [1.82, 2.24) is 19.7 Å². The molecule has 0 unspecified atom stereocenters. The van der Waals surface area contributed by atoms with Crippen LogP contribution in [0.2, 0.25) is 0 Å². The van der Waals surface area contributed by atoms with E-state index in [0.29, 0.717) is 5.52 Å². The summed E-state index contributed by atoms with van der Waals surface area (Å²) >= 11 is 0. The molecule has 7 nitrogen and oxygen atoms in total. The van der Waals surface area contributed by atoms with Gasteiger partial charge in [-0.2, -0.15) is 5.10 Å². The number of ketones is 1. The molecule has 0 saturated carbocycles. The number of rotatable bonds is 3. The number of benzene rings is 2. The predicted octanol–water partition coefficient (Wildman–Crippen LogP) is 3.68. The van der Waals surface area contributed by atoms with Crippen LogP contribution in [0.3, 0.4) is 0 Å². The summed E-state index contributed by atoms with van der Waals surface area (Å²) in [5.41, 5.74) is 0.970. The highest BCUT2D eigenvalue weighted by Crippen LogP contribution is 2.40. The molecule has 8 heteroatoms. The Hall–Kier alpha value is -4.20. The van der Waals surface area contributed by atoms with E-state index < -0.39 is 17.5 Å². The lowest BCUT2D eigenvalue weighted by Gasteiger charge is -2.07.